The summed E-state index contributed by atoms with van der Waals surface area (Å²) >= 11 is 0. The first-order valence-electron chi connectivity index (χ1n) is 13.2. The third-order valence-corrected chi connectivity index (χ3v) is 9.64. The first-order chi connectivity index (χ1) is 20.6. The number of hydrogen-bond donors (Lipinski definition) is 2. The van der Waals surface area contributed by atoms with Crippen molar-refractivity contribution in [1.82, 2.24) is 10.2 Å². The third kappa shape index (κ3) is 5.72. The van der Waals surface area contributed by atoms with Gasteiger partial charge in [-0.05, 0) is 67.1 Å². The number of anilines is 2. The molecule has 6 rings (SSSR count). The second kappa shape index (κ2) is 11.0. The Morgan fingerprint density at radius 1 is 0.558 bits per heavy atom. The van der Waals surface area contributed by atoms with Crippen molar-refractivity contribution in [1.29, 1.82) is 0 Å². The van der Waals surface area contributed by atoms with Crippen molar-refractivity contribution in [2.45, 2.75) is 23.6 Å². The van der Waals surface area contributed by atoms with Gasteiger partial charge in [-0.2, -0.15) is 0 Å². The molecule has 1 heterocycles. The second-order valence-electron chi connectivity index (χ2n) is 10.0. The molecule has 0 spiro atoms. The van der Waals surface area contributed by atoms with Crippen LogP contribution in [0, 0.1) is 13.8 Å². The number of hydrogen-bond acceptors (Lipinski definition) is 7. The maximum atomic E-state index is 13.3. The zero-order valence-electron chi connectivity index (χ0n) is 23.1. The minimum Gasteiger partial charge on any atom is -0.416 e. The minimum atomic E-state index is -3.95. The van der Waals surface area contributed by atoms with Gasteiger partial charge in [-0.15, -0.1) is 10.2 Å². The lowest BCUT2D eigenvalue weighted by atomic mass is 10.0. The number of nitrogens with zero attached hydrogens (tertiary/aromatic N) is 2. The molecule has 0 unspecified atom stereocenters. The average Bonchev–Trinajstić information content (AvgIpc) is 3.47. The van der Waals surface area contributed by atoms with Gasteiger partial charge in [0.2, 0.25) is 5.89 Å². The number of fused-ring (bicyclic) bond motifs is 1. The molecule has 0 fully saturated rings. The number of benzene rings is 5. The van der Waals surface area contributed by atoms with E-state index in [0.717, 1.165) is 16.5 Å². The summed E-state index contributed by atoms with van der Waals surface area (Å²) in [6.07, 6.45) is 0. The van der Waals surface area contributed by atoms with E-state index in [1.165, 1.54) is 24.3 Å². The fraction of sp³-hybridized carbons (Fsp3) is 0.0625. The molecule has 1 aromatic heterocycles. The summed E-state index contributed by atoms with van der Waals surface area (Å²) in [7, 11) is -7.85. The van der Waals surface area contributed by atoms with Gasteiger partial charge in [0.05, 0.1) is 32.3 Å². The van der Waals surface area contributed by atoms with Gasteiger partial charge in [0.25, 0.3) is 25.9 Å². The van der Waals surface area contributed by atoms with Crippen LogP contribution < -0.4 is 9.44 Å². The Bertz CT molecular complexity index is 2180. The normalized spacial score (nSPS) is 11.9. The van der Waals surface area contributed by atoms with E-state index in [2.05, 4.69) is 19.6 Å². The first-order valence-corrected chi connectivity index (χ1v) is 16.2. The van der Waals surface area contributed by atoms with Gasteiger partial charge in [-0.25, -0.2) is 16.8 Å². The Labute approximate surface area is 249 Å². The monoisotopic (exact) mass is 610 g/mol. The molecule has 216 valence electrons. The first kappa shape index (κ1) is 28.1. The zero-order chi connectivity index (χ0) is 30.2. The highest BCUT2D eigenvalue weighted by molar-refractivity contribution is 7.93. The molecular weight excluding hydrogens is 585 g/mol. The van der Waals surface area contributed by atoms with Crippen molar-refractivity contribution in [3.05, 3.63) is 120 Å². The van der Waals surface area contributed by atoms with Gasteiger partial charge in [0, 0.05) is 0 Å². The summed E-state index contributed by atoms with van der Waals surface area (Å²) < 4.78 is 64.4. The van der Waals surface area contributed by atoms with Crippen molar-refractivity contribution in [3.8, 4) is 22.9 Å². The summed E-state index contributed by atoms with van der Waals surface area (Å²) in [4.78, 5) is 0.221. The highest BCUT2D eigenvalue weighted by Crippen LogP contribution is 2.38. The number of aryl methyl sites for hydroxylation is 2. The number of sulfonamides is 2. The van der Waals surface area contributed by atoms with Crippen LogP contribution in [0.2, 0.25) is 0 Å². The SMILES string of the molecule is Cc1ccc(S(=O)(=O)Nc2ccccc2-c2nnc(-c3c(NS(=O)(=O)c4ccc(C)cc4)ccc4ccccc34)o2)cc1. The molecule has 0 atom stereocenters. The smallest absolute Gasteiger partial charge is 0.261 e. The summed E-state index contributed by atoms with van der Waals surface area (Å²) in [6.45, 7) is 3.76. The molecule has 0 saturated heterocycles. The lowest BCUT2D eigenvalue weighted by molar-refractivity contribution is 0.585. The largest absolute Gasteiger partial charge is 0.416 e. The highest BCUT2D eigenvalue weighted by atomic mass is 32.2. The van der Waals surface area contributed by atoms with Gasteiger partial charge < -0.3 is 4.42 Å². The van der Waals surface area contributed by atoms with Crippen LogP contribution in [0.25, 0.3) is 33.7 Å². The molecule has 2 N–H and O–H groups in total. The Kier molecular flexibility index (Phi) is 7.20. The fourth-order valence-electron chi connectivity index (χ4n) is 4.62. The minimum absolute atomic E-state index is 0.0532. The van der Waals surface area contributed by atoms with E-state index in [0.29, 0.717) is 16.5 Å². The average molecular weight is 611 g/mol. The van der Waals surface area contributed by atoms with E-state index >= 15 is 0 Å². The van der Waals surface area contributed by atoms with Gasteiger partial charge in [0.15, 0.2) is 0 Å². The molecular formula is C32H26N4O5S2. The van der Waals surface area contributed by atoms with E-state index in [-0.39, 0.29) is 32.9 Å². The van der Waals surface area contributed by atoms with Crippen molar-refractivity contribution < 1.29 is 21.3 Å². The molecule has 0 bridgehead atoms. The maximum Gasteiger partial charge on any atom is 0.261 e. The Balaban J connectivity index is 1.41. The van der Waals surface area contributed by atoms with Gasteiger partial charge in [-0.1, -0.05) is 77.9 Å². The summed E-state index contributed by atoms with van der Waals surface area (Å²) in [5.74, 6) is 0.113. The van der Waals surface area contributed by atoms with E-state index < -0.39 is 20.0 Å². The number of rotatable bonds is 8. The molecule has 0 aliphatic rings. The van der Waals surface area contributed by atoms with Crippen LogP contribution in [0.4, 0.5) is 11.4 Å². The number of para-hydroxylation sites is 1. The highest BCUT2D eigenvalue weighted by Gasteiger charge is 2.23. The second-order valence-corrected chi connectivity index (χ2v) is 13.4. The molecule has 11 heteroatoms. The molecule has 5 aromatic carbocycles. The predicted molar refractivity (Wildman–Crippen MR) is 167 cm³/mol. The summed E-state index contributed by atoms with van der Waals surface area (Å²) in [5.41, 5.74) is 3.13. The topological polar surface area (TPSA) is 131 Å². The lowest BCUT2D eigenvalue weighted by Crippen LogP contribution is -2.13. The molecule has 9 nitrogen and oxygen atoms in total. The van der Waals surface area contributed by atoms with Crippen molar-refractivity contribution >= 4 is 42.2 Å². The van der Waals surface area contributed by atoms with E-state index in [9.17, 15) is 16.8 Å². The molecule has 0 aliphatic heterocycles. The molecule has 0 saturated carbocycles. The van der Waals surface area contributed by atoms with E-state index in [4.69, 9.17) is 4.42 Å². The van der Waals surface area contributed by atoms with Crippen LogP contribution in [0.15, 0.2) is 123 Å². The molecule has 0 amide bonds. The summed E-state index contributed by atoms with van der Waals surface area (Å²) in [6, 6.07) is 30.6. The van der Waals surface area contributed by atoms with Crippen molar-refractivity contribution in [3.63, 3.8) is 0 Å². The number of nitrogens with one attached hydrogen (secondary N) is 2. The molecule has 43 heavy (non-hydrogen) atoms. The van der Waals surface area contributed by atoms with Gasteiger partial charge in [0.1, 0.15) is 0 Å². The zero-order valence-corrected chi connectivity index (χ0v) is 24.8. The summed E-state index contributed by atoms with van der Waals surface area (Å²) in [5, 5.41) is 10.0. The molecule has 0 radical (unpaired) electrons. The fourth-order valence-corrected chi connectivity index (χ4v) is 6.77. The predicted octanol–water partition coefficient (Wildman–Crippen LogP) is 6.78. The van der Waals surface area contributed by atoms with E-state index in [1.807, 2.05) is 38.1 Å². The Morgan fingerprint density at radius 3 is 1.74 bits per heavy atom. The van der Waals surface area contributed by atoms with Crippen LogP contribution in [0.3, 0.4) is 0 Å². The van der Waals surface area contributed by atoms with Crippen molar-refractivity contribution in [2.75, 3.05) is 9.44 Å². The van der Waals surface area contributed by atoms with Crippen LogP contribution >= 0.6 is 0 Å². The number of aromatic nitrogens is 2. The molecule has 6 aromatic rings. The van der Waals surface area contributed by atoms with Crippen LogP contribution in [0.5, 0.6) is 0 Å². The lowest BCUT2D eigenvalue weighted by Gasteiger charge is -2.13. The van der Waals surface area contributed by atoms with Crippen molar-refractivity contribution in [2.24, 2.45) is 0 Å². The van der Waals surface area contributed by atoms with Crippen LogP contribution in [-0.4, -0.2) is 27.0 Å². The quantitative estimate of drug-likeness (QED) is 0.194. The Morgan fingerprint density at radius 2 is 1.09 bits per heavy atom. The van der Waals surface area contributed by atoms with Gasteiger partial charge in [-0.3, -0.25) is 9.44 Å². The maximum absolute atomic E-state index is 13.3. The molecule has 0 aliphatic carbocycles. The Hall–Kier alpha value is -5.00. The van der Waals surface area contributed by atoms with Gasteiger partial charge >= 0.3 is 0 Å². The van der Waals surface area contributed by atoms with E-state index in [1.54, 1.807) is 60.7 Å². The third-order valence-electron chi connectivity index (χ3n) is 6.88. The standard InChI is InChI=1S/C32H26N4O5S2/c1-21-11-16-24(17-12-21)42(37,38)35-28-10-6-5-9-27(28)31-33-34-32(41-31)30-26-8-4-3-7-23(26)15-20-29(30)36-43(39,40)25-18-13-22(2)14-19-25/h3-20,35-36H,1-2H3. The van der Waals surface area contributed by atoms with Crippen LogP contribution in [-0.2, 0) is 20.0 Å². The van der Waals surface area contributed by atoms with Crippen LogP contribution in [0.1, 0.15) is 11.1 Å².